The van der Waals surface area contributed by atoms with E-state index in [0.717, 1.165) is 31.9 Å². The van der Waals surface area contributed by atoms with Crippen LogP contribution in [0.4, 0.5) is 5.69 Å². The maximum absolute atomic E-state index is 13.0. The second kappa shape index (κ2) is 8.75. The SMILES string of the molecule is Cc1ccc(C)n1CCN1CCN(C(=O)C2=CCC(=O)N(c3ccccc3)N2)CC1. The van der Waals surface area contributed by atoms with Crippen LogP contribution in [0.2, 0.25) is 0 Å². The number of hydrogen-bond acceptors (Lipinski definition) is 4. The lowest BCUT2D eigenvalue weighted by atomic mass is 10.2. The highest BCUT2D eigenvalue weighted by Gasteiger charge is 2.28. The molecule has 2 aromatic rings. The highest BCUT2D eigenvalue weighted by Crippen LogP contribution is 2.18. The number of carbonyl (C=O) groups is 2. The van der Waals surface area contributed by atoms with Crippen molar-refractivity contribution in [1.29, 1.82) is 0 Å². The lowest BCUT2D eigenvalue weighted by Crippen LogP contribution is -2.53. The Morgan fingerprint density at radius 3 is 2.27 bits per heavy atom. The zero-order valence-electron chi connectivity index (χ0n) is 17.7. The molecule has 1 N–H and O–H groups in total. The van der Waals surface area contributed by atoms with Crippen LogP contribution in [-0.2, 0) is 16.1 Å². The molecule has 2 aliphatic heterocycles. The van der Waals surface area contributed by atoms with Crippen LogP contribution in [0.3, 0.4) is 0 Å². The second-order valence-corrected chi connectivity index (χ2v) is 7.90. The zero-order valence-corrected chi connectivity index (χ0v) is 17.7. The summed E-state index contributed by atoms with van der Waals surface area (Å²) in [6, 6.07) is 13.7. The molecule has 0 saturated carbocycles. The number of aromatic nitrogens is 1. The van der Waals surface area contributed by atoms with E-state index in [0.29, 0.717) is 18.8 Å². The van der Waals surface area contributed by atoms with Gasteiger partial charge in [0.05, 0.1) is 5.69 Å². The van der Waals surface area contributed by atoms with Gasteiger partial charge in [0, 0.05) is 57.1 Å². The molecule has 2 aliphatic rings. The van der Waals surface area contributed by atoms with Gasteiger partial charge in [0.25, 0.3) is 5.91 Å². The normalized spacial score (nSPS) is 17.7. The summed E-state index contributed by atoms with van der Waals surface area (Å²) in [5.74, 6) is -0.113. The third-order valence-corrected chi connectivity index (χ3v) is 5.92. The molecule has 0 unspecified atom stereocenters. The number of nitrogens with zero attached hydrogens (tertiary/aromatic N) is 4. The Balaban J connectivity index is 1.31. The maximum atomic E-state index is 13.0. The van der Waals surface area contributed by atoms with Gasteiger partial charge in [-0.3, -0.25) is 19.9 Å². The highest BCUT2D eigenvalue weighted by atomic mass is 16.2. The summed E-state index contributed by atoms with van der Waals surface area (Å²) in [6.45, 7) is 9.34. The average Bonchev–Trinajstić information content (AvgIpc) is 3.10. The minimum Gasteiger partial charge on any atom is -0.348 e. The van der Waals surface area contributed by atoms with Crippen LogP contribution in [-0.4, -0.2) is 58.9 Å². The molecule has 30 heavy (non-hydrogen) atoms. The number of anilines is 1. The molecular weight excluding hydrogens is 378 g/mol. The molecule has 158 valence electrons. The summed E-state index contributed by atoms with van der Waals surface area (Å²) in [5, 5.41) is 1.46. The van der Waals surface area contributed by atoms with Gasteiger partial charge >= 0.3 is 0 Å². The summed E-state index contributed by atoms with van der Waals surface area (Å²) in [7, 11) is 0. The molecule has 2 amide bonds. The number of nitrogens with one attached hydrogen (secondary N) is 1. The van der Waals surface area contributed by atoms with Crippen molar-refractivity contribution in [1.82, 2.24) is 19.8 Å². The Bertz CT molecular complexity index is 922. The molecule has 0 spiro atoms. The van der Waals surface area contributed by atoms with Crippen molar-refractivity contribution in [3.05, 3.63) is 65.6 Å². The van der Waals surface area contributed by atoms with Crippen molar-refractivity contribution in [2.24, 2.45) is 0 Å². The number of benzene rings is 1. The van der Waals surface area contributed by atoms with E-state index in [2.05, 4.69) is 40.9 Å². The van der Waals surface area contributed by atoms with Gasteiger partial charge in [-0.15, -0.1) is 0 Å². The van der Waals surface area contributed by atoms with Gasteiger partial charge in [0.15, 0.2) is 0 Å². The highest BCUT2D eigenvalue weighted by molar-refractivity contribution is 6.01. The fourth-order valence-electron chi connectivity index (χ4n) is 4.07. The molecule has 0 radical (unpaired) electrons. The number of hydrazine groups is 1. The Morgan fingerprint density at radius 1 is 0.933 bits per heavy atom. The first-order chi connectivity index (χ1) is 14.5. The molecule has 0 bridgehead atoms. The van der Waals surface area contributed by atoms with E-state index in [1.54, 1.807) is 6.08 Å². The summed E-state index contributed by atoms with van der Waals surface area (Å²) in [5.41, 5.74) is 6.81. The molecule has 1 saturated heterocycles. The predicted octanol–water partition coefficient (Wildman–Crippen LogP) is 2.07. The van der Waals surface area contributed by atoms with Crippen LogP contribution >= 0.6 is 0 Å². The number of rotatable bonds is 5. The van der Waals surface area contributed by atoms with Crippen molar-refractivity contribution >= 4 is 17.5 Å². The maximum Gasteiger partial charge on any atom is 0.271 e. The third-order valence-electron chi connectivity index (χ3n) is 5.92. The number of hydrogen-bond donors (Lipinski definition) is 1. The van der Waals surface area contributed by atoms with E-state index < -0.39 is 0 Å². The van der Waals surface area contributed by atoms with Crippen LogP contribution < -0.4 is 10.4 Å². The van der Waals surface area contributed by atoms with Gasteiger partial charge in [0.2, 0.25) is 5.91 Å². The number of para-hydroxylation sites is 1. The Morgan fingerprint density at radius 2 is 1.60 bits per heavy atom. The van der Waals surface area contributed by atoms with Crippen molar-refractivity contribution < 1.29 is 9.59 Å². The average molecular weight is 408 g/mol. The van der Waals surface area contributed by atoms with Gasteiger partial charge in [-0.05, 0) is 44.2 Å². The largest absolute Gasteiger partial charge is 0.348 e. The smallest absolute Gasteiger partial charge is 0.271 e. The molecule has 1 fully saturated rings. The van der Waals surface area contributed by atoms with Crippen LogP contribution in [0.25, 0.3) is 0 Å². The summed E-state index contributed by atoms with van der Waals surface area (Å²) < 4.78 is 2.34. The van der Waals surface area contributed by atoms with Crippen molar-refractivity contribution in [3.8, 4) is 0 Å². The van der Waals surface area contributed by atoms with Gasteiger partial charge in [-0.25, -0.2) is 5.01 Å². The number of piperazine rings is 1. The van der Waals surface area contributed by atoms with Gasteiger partial charge in [0.1, 0.15) is 5.70 Å². The lowest BCUT2D eigenvalue weighted by Gasteiger charge is -2.37. The van der Waals surface area contributed by atoms with E-state index in [-0.39, 0.29) is 18.2 Å². The van der Waals surface area contributed by atoms with Crippen molar-refractivity contribution in [2.45, 2.75) is 26.8 Å². The first kappa shape index (κ1) is 20.2. The Hall–Kier alpha value is -3.06. The molecule has 1 aromatic carbocycles. The fraction of sp³-hybridized carbons (Fsp3) is 0.391. The fourth-order valence-corrected chi connectivity index (χ4v) is 4.07. The summed E-state index contributed by atoms with van der Waals surface area (Å²) in [4.78, 5) is 29.6. The van der Waals surface area contributed by atoms with Gasteiger partial charge < -0.3 is 9.47 Å². The summed E-state index contributed by atoms with van der Waals surface area (Å²) >= 11 is 0. The quantitative estimate of drug-likeness (QED) is 0.824. The first-order valence-corrected chi connectivity index (χ1v) is 10.5. The van der Waals surface area contributed by atoms with Crippen LogP contribution in [0.1, 0.15) is 17.8 Å². The predicted molar refractivity (Wildman–Crippen MR) is 117 cm³/mol. The van der Waals surface area contributed by atoms with Gasteiger partial charge in [-0.1, -0.05) is 18.2 Å². The van der Waals surface area contributed by atoms with Gasteiger partial charge in [-0.2, -0.15) is 0 Å². The zero-order chi connectivity index (χ0) is 21.1. The van der Waals surface area contributed by atoms with E-state index >= 15 is 0 Å². The number of amides is 2. The van der Waals surface area contributed by atoms with Crippen LogP contribution in [0.15, 0.2) is 54.2 Å². The lowest BCUT2D eigenvalue weighted by molar-refractivity contribution is -0.129. The minimum absolute atomic E-state index is 0.0415. The number of carbonyl (C=O) groups excluding carboxylic acids is 2. The van der Waals surface area contributed by atoms with E-state index in [9.17, 15) is 9.59 Å². The number of aryl methyl sites for hydroxylation is 2. The van der Waals surface area contributed by atoms with E-state index in [1.807, 2.05) is 35.2 Å². The Kier molecular flexibility index (Phi) is 5.90. The molecule has 3 heterocycles. The topological polar surface area (TPSA) is 60.8 Å². The molecule has 7 nitrogen and oxygen atoms in total. The molecule has 4 rings (SSSR count). The molecule has 1 aromatic heterocycles. The van der Waals surface area contributed by atoms with Crippen LogP contribution in [0, 0.1) is 13.8 Å². The van der Waals surface area contributed by atoms with E-state index in [1.165, 1.54) is 16.4 Å². The second-order valence-electron chi connectivity index (χ2n) is 7.90. The van der Waals surface area contributed by atoms with Crippen molar-refractivity contribution in [3.63, 3.8) is 0 Å². The summed E-state index contributed by atoms with van der Waals surface area (Å²) in [6.07, 6.45) is 1.92. The van der Waals surface area contributed by atoms with Crippen LogP contribution in [0.5, 0.6) is 0 Å². The minimum atomic E-state index is -0.0711. The third kappa shape index (κ3) is 4.26. The Labute approximate surface area is 177 Å². The van der Waals surface area contributed by atoms with Crippen molar-refractivity contribution in [2.75, 3.05) is 37.7 Å². The monoisotopic (exact) mass is 407 g/mol. The van der Waals surface area contributed by atoms with E-state index in [4.69, 9.17) is 0 Å². The molecule has 0 aliphatic carbocycles. The first-order valence-electron chi connectivity index (χ1n) is 10.5. The molecule has 0 atom stereocenters. The standard InChI is InChI=1S/C23H29N5O2/c1-18-8-9-19(2)27(18)17-14-25-12-15-26(16-13-25)23(30)21-10-11-22(29)28(24-21)20-6-4-3-5-7-20/h3-10,24H,11-17H2,1-2H3. The molecule has 7 heteroatoms. The molecular formula is C23H29N5O2.